The van der Waals surface area contributed by atoms with Crippen LogP contribution in [0, 0.1) is 5.92 Å². The number of hydrogen-bond donors (Lipinski definition) is 2. The van der Waals surface area contributed by atoms with Crippen molar-refractivity contribution in [1.29, 1.82) is 0 Å². The Kier molecular flexibility index (Phi) is 4.11. The zero-order valence-corrected chi connectivity index (χ0v) is 9.08. The van der Waals surface area contributed by atoms with Crippen molar-refractivity contribution >= 4 is 0 Å². The van der Waals surface area contributed by atoms with Gasteiger partial charge in [0.1, 0.15) is 0 Å². The van der Waals surface area contributed by atoms with Crippen molar-refractivity contribution in [3.8, 4) is 0 Å². The molecule has 15 heavy (non-hydrogen) atoms. The first-order valence-electron chi connectivity index (χ1n) is 5.75. The monoisotopic (exact) mass is 205 g/mol. The van der Waals surface area contributed by atoms with Crippen LogP contribution in [-0.4, -0.2) is 31.2 Å². The maximum absolute atomic E-state index is 4.01. The number of nitrogens with zero attached hydrogens (tertiary/aromatic N) is 1. The highest BCUT2D eigenvalue weighted by Gasteiger charge is 2.12. The van der Waals surface area contributed by atoms with Gasteiger partial charge >= 0.3 is 0 Å². The van der Waals surface area contributed by atoms with Crippen molar-refractivity contribution in [2.75, 3.05) is 26.2 Å². The number of pyridine rings is 1. The highest BCUT2D eigenvalue weighted by atomic mass is 14.9. The van der Waals surface area contributed by atoms with Crippen LogP contribution in [0.5, 0.6) is 0 Å². The van der Waals surface area contributed by atoms with E-state index in [0.717, 1.165) is 25.4 Å². The smallest absolute Gasteiger partial charge is 0.0270 e. The van der Waals surface area contributed by atoms with Gasteiger partial charge in [-0.3, -0.25) is 4.98 Å². The number of hydrogen-bond acceptors (Lipinski definition) is 3. The Labute approximate surface area is 91.3 Å². The summed E-state index contributed by atoms with van der Waals surface area (Å²) in [6, 6.07) is 4.16. The fourth-order valence-electron chi connectivity index (χ4n) is 1.98. The maximum Gasteiger partial charge on any atom is 0.0270 e. The normalized spacial score (nSPS) is 20.7. The Morgan fingerprint density at radius 3 is 3.00 bits per heavy atom. The van der Waals surface area contributed by atoms with Crippen LogP contribution in [0.1, 0.15) is 12.0 Å². The van der Waals surface area contributed by atoms with Gasteiger partial charge in [0.25, 0.3) is 0 Å². The van der Waals surface area contributed by atoms with Crippen molar-refractivity contribution in [1.82, 2.24) is 15.6 Å². The van der Waals surface area contributed by atoms with Crippen molar-refractivity contribution in [2.24, 2.45) is 5.92 Å². The molecule has 3 heteroatoms. The van der Waals surface area contributed by atoms with Crippen LogP contribution in [0.3, 0.4) is 0 Å². The van der Waals surface area contributed by atoms with E-state index >= 15 is 0 Å². The van der Waals surface area contributed by atoms with E-state index in [1.54, 1.807) is 0 Å². The molecule has 2 rings (SSSR count). The lowest BCUT2D eigenvalue weighted by atomic mass is 10.1. The molecule has 1 aromatic rings. The fraction of sp³-hybridized carbons (Fsp3) is 0.583. The Morgan fingerprint density at radius 2 is 2.27 bits per heavy atom. The molecule has 0 bridgehead atoms. The standard InChI is InChI=1S/C12H19N3/c1-5-13-6-2-11(1)3-7-14-9-12-4-8-15-10-12/h1-2,5-6,12,14-15H,3-4,7-10H2. The van der Waals surface area contributed by atoms with E-state index < -0.39 is 0 Å². The molecule has 82 valence electrons. The van der Waals surface area contributed by atoms with Gasteiger partial charge in [-0.05, 0) is 62.6 Å². The Bertz CT molecular complexity index is 267. The first kappa shape index (κ1) is 10.6. The third-order valence-electron chi connectivity index (χ3n) is 2.94. The van der Waals surface area contributed by atoms with Crippen LogP contribution in [0.4, 0.5) is 0 Å². The molecule has 1 unspecified atom stereocenters. The summed E-state index contributed by atoms with van der Waals surface area (Å²) in [6.45, 7) is 4.59. The number of rotatable bonds is 5. The molecule has 1 atom stereocenters. The van der Waals surface area contributed by atoms with Crippen LogP contribution >= 0.6 is 0 Å². The van der Waals surface area contributed by atoms with Gasteiger partial charge in [0.15, 0.2) is 0 Å². The van der Waals surface area contributed by atoms with E-state index in [1.165, 1.54) is 25.1 Å². The zero-order valence-electron chi connectivity index (χ0n) is 9.08. The third kappa shape index (κ3) is 3.61. The lowest BCUT2D eigenvalue weighted by Gasteiger charge is -2.09. The molecule has 3 nitrogen and oxygen atoms in total. The van der Waals surface area contributed by atoms with Gasteiger partial charge in [-0.1, -0.05) is 0 Å². The molecule has 0 amide bonds. The lowest BCUT2D eigenvalue weighted by molar-refractivity contribution is 0.515. The Hall–Kier alpha value is -0.930. The average molecular weight is 205 g/mol. The molecule has 0 radical (unpaired) electrons. The average Bonchev–Trinajstić information content (AvgIpc) is 2.79. The third-order valence-corrected chi connectivity index (χ3v) is 2.94. The molecule has 0 spiro atoms. The van der Waals surface area contributed by atoms with E-state index in [-0.39, 0.29) is 0 Å². The summed E-state index contributed by atoms with van der Waals surface area (Å²) in [5, 5.41) is 6.90. The summed E-state index contributed by atoms with van der Waals surface area (Å²) in [4.78, 5) is 4.01. The zero-order chi connectivity index (χ0) is 10.3. The van der Waals surface area contributed by atoms with Crippen LogP contribution < -0.4 is 10.6 Å². The predicted molar refractivity (Wildman–Crippen MR) is 61.8 cm³/mol. The SMILES string of the molecule is c1cc(CCNCC2CCNC2)ccn1. The van der Waals surface area contributed by atoms with Gasteiger partial charge in [-0.25, -0.2) is 0 Å². The molecular formula is C12H19N3. The predicted octanol–water partition coefficient (Wildman–Crippen LogP) is 0.823. The maximum atomic E-state index is 4.01. The van der Waals surface area contributed by atoms with E-state index in [9.17, 15) is 0 Å². The highest BCUT2D eigenvalue weighted by molar-refractivity contribution is 5.09. The van der Waals surface area contributed by atoms with Crippen LogP contribution in [-0.2, 0) is 6.42 Å². The Balaban J connectivity index is 1.59. The number of aromatic nitrogens is 1. The van der Waals surface area contributed by atoms with E-state index in [4.69, 9.17) is 0 Å². The first-order valence-corrected chi connectivity index (χ1v) is 5.75. The lowest BCUT2D eigenvalue weighted by Crippen LogP contribution is -2.26. The minimum absolute atomic E-state index is 0.836. The van der Waals surface area contributed by atoms with Gasteiger partial charge in [0.05, 0.1) is 0 Å². The second kappa shape index (κ2) is 5.83. The van der Waals surface area contributed by atoms with E-state index in [1.807, 2.05) is 12.4 Å². The summed E-state index contributed by atoms with van der Waals surface area (Å²) in [5.41, 5.74) is 1.36. The van der Waals surface area contributed by atoms with Gasteiger partial charge in [-0.2, -0.15) is 0 Å². The molecular weight excluding hydrogens is 186 g/mol. The summed E-state index contributed by atoms with van der Waals surface area (Å²) in [6.07, 6.45) is 6.14. The van der Waals surface area contributed by atoms with Crippen LogP contribution in [0.25, 0.3) is 0 Å². The molecule has 0 aromatic carbocycles. The van der Waals surface area contributed by atoms with Crippen molar-refractivity contribution in [2.45, 2.75) is 12.8 Å². The second-order valence-electron chi connectivity index (χ2n) is 4.17. The van der Waals surface area contributed by atoms with Crippen molar-refractivity contribution in [3.05, 3.63) is 30.1 Å². The molecule has 0 aliphatic carbocycles. The summed E-state index contributed by atoms with van der Waals surface area (Å²) < 4.78 is 0. The quantitative estimate of drug-likeness (QED) is 0.699. The number of nitrogens with one attached hydrogen (secondary N) is 2. The van der Waals surface area contributed by atoms with Crippen molar-refractivity contribution in [3.63, 3.8) is 0 Å². The molecule has 2 heterocycles. The molecule has 1 saturated heterocycles. The van der Waals surface area contributed by atoms with Crippen LogP contribution in [0.2, 0.25) is 0 Å². The molecule has 2 N–H and O–H groups in total. The topological polar surface area (TPSA) is 37.0 Å². The van der Waals surface area contributed by atoms with Gasteiger partial charge in [0.2, 0.25) is 0 Å². The largest absolute Gasteiger partial charge is 0.316 e. The minimum atomic E-state index is 0.836. The molecule has 1 aliphatic rings. The molecule has 1 aromatic heterocycles. The summed E-state index contributed by atoms with van der Waals surface area (Å²) >= 11 is 0. The van der Waals surface area contributed by atoms with Crippen molar-refractivity contribution < 1.29 is 0 Å². The minimum Gasteiger partial charge on any atom is -0.316 e. The van der Waals surface area contributed by atoms with Gasteiger partial charge in [-0.15, -0.1) is 0 Å². The molecule has 0 saturated carbocycles. The molecule has 1 aliphatic heterocycles. The highest BCUT2D eigenvalue weighted by Crippen LogP contribution is 2.05. The van der Waals surface area contributed by atoms with E-state index in [2.05, 4.69) is 27.8 Å². The van der Waals surface area contributed by atoms with Gasteiger partial charge < -0.3 is 10.6 Å². The molecule has 1 fully saturated rings. The Morgan fingerprint density at radius 1 is 1.40 bits per heavy atom. The van der Waals surface area contributed by atoms with Gasteiger partial charge in [0, 0.05) is 12.4 Å². The van der Waals surface area contributed by atoms with Crippen LogP contribution in [0.15, 0.2) is 24.5 Å². The summed E-state index contributed by atoms with van der Waals surface area (Å²) in [7, 11) is 0. The van der Waals surface area contributed by atoms with E-state index in [0.29, 0.717) is 0 Å². The fourth-order valence-corrected chi connectivity index (χ4v) is 1.98. The second-order valence-corrected chi connectivity index (χ2v) is 4.17. The summed E-state index contributed by atoms with van der Waals surface area (Å²) in [5.74, 6) is 0.836. The first-order chi connectivity index (χ1) is 7.45.